The van der Waals surface area contributed by atoms with E-state index in [-0.39, 0.29) is 5.91 Å². The average Bonchev–Trinajstić information content (AvgIpc) is 3.06. The smallest absolute Gasteiger partial charge is 0.270 e. The van der Waals surface area contributed by atoms with E-state index in [9.17, 15) is 4.79 Å². The Hall–Kier alpha value is -0.670. The Morgan fingerprint density at radius 2 is 2.17 bits per heavy atom. The van der Waals surface area contributed by atoms with Crippen molar-refractivity contribution in [2.24, 2.45) is 5.92 Å². The third-order valence-corrected chi connectivity index (χ3v) is 3.84. The lowest BCUT2D eigenvalue weighted by Crippen LogP contribution is -2.34. The zero-order valence-corrected chi connectivity index (χ0v) is 12.2. The van der Waals surface area contributed by atoms with Gasteiger partial charge in [0, 0.05) is 12.6 Å². The van der Waals surface area contributed by atoms with Crippen molar-refractivity contribution in [2.75, 3.05) is 6.54 Å². The van der Waals surface area contributed by atoms with Gasteiger partial charge in [-0.1, -0.05) is 37.0 Å². The van der Waals surface area contributed by atoms with Crippen molar-refractivity contribution in [3.8, 4) is 0 Å². The maximum atomic E-state index is 12.4. The summed E-state index contributed by atoms with van der Waals surface area (Å²) in [6.45, 7) is 5.13. The second-order valence-electron chi connectivity index (χ2n) is 5.26. The highest BCUT2D eigenvalue weighted by Crippen LogP contribution is 2.30. The number of aromatic nitrogens is 1. The van der Waals surface area contributed by atoms with E-state index in [0.29, 0.717) is 27.8 Å². The molecule has 2 rings (SSSR count). The van der Waals surface area contributed by atoms with Crippen LogP contribution in [0.3, 0.4) is 0 Å². The molecule has 1 aliphatic carbocycles. The molecule has 0 aromatic carbocycles. The van der Waals surface area contributed by atoms with Crippen molar-refractivity contribution < 1.29 is 4.79 Å². The number of rotatable bonds is 5. The summed E-state index contributed by atoms with van der Waals surface area (Å²) in [7, 11) is 0. The SMILES string of the molecule is CC(C)CCN(C(=O)c1cc(Cl)c(Cl)[nH]1)C1CC1. The minimum absolute atomic E-state index is 0.00644. The first-order valence-corrected chi connectivity index (χ1v) is 7.09. The third kappa shape index (κ3) is 3.21. The lowest BCUT2D eigenvalue weighted by atomic mass is 10.1. The Balaban J connectivity index is 2.08. The molecule has 1 amide bonds. The maximum absolute atomic E-state index is 12.4. The highest BCUT2D eigenvalue weighted by molar-refractivity contribution is 6.41. The zero-order chi connectivity index (χ0) is 13.3. The molecule has 1 saturated carbocycles. The minimum Gasteiger partial charge on any atom is -0.340 e. The molecule has 18 heavy (non-hydrogen) atoms. The molecular formula is C13H18Cl2N2O. The number of hydrogen-bond donors (Lipinski definition) is 1. The molecule has 0 bridgehead atoms. The van der Waals surface area contributed by atoms with Gasteiger partial charge in [0.1, 0.15) is 10.8 Å². The first kappa shape index (κ1) is 13.8. The number of nitrogens with zero attached hydrogens (tertiary/aromatic N) is 1. The van der Waals surface area contributed by atoms with Gasteiger partial charge in [-0.25, -0.2) is 0 Å². The second kappa shape index (κ2) is 5.54. The van der Waals surface area contributed by atoms with Gasteiger partial charge in [0.2, 0.25) is 0 Å². The molecule has 1 aliphatic rings. The summed E-state index contributed by atoms with van der Waals surface area (Å²) in [4.78, 5) is 17.2. The normalized spacial score (nSPS) is 15.2. The molecule has 1 heterocycles. The Kier molecular flexibility index (Phi) is 4.23. The minimum atomic E-state index is 0.00644. The standard InChI is InChI=1S/C13H18Cl2N2O/c1-8(2)5-6-17(9-3-4-9)13(18)11-7-10(14)12(15)16-11/h7-9,16H,3-6H2,1-2H3. The van der Waals surface area contributed by atoms with E-state index >= 15 is 0 Å². The van der Waals surface area contributed by atoms with Crippen LogP contribution in [-0.4, -0.2) is 28.4 Å². The first-order chi connectivity index (χ1) is 8.49. The summed E-state index contributed by atoms with van der Waals surface area (Å²) in [5, 5.41) is 0.735. The monoisotopic (exact) mass is 288 g/mol. The molecule has 100 valence electrons. The molecular weight excluding hydrogens is 271 g/mol. The molecule has 0 saturated heterocycles. The Bertz CT molecular complexity index is 419. The fourth-order valence-electron chi connectivity index (χ4n) is 1.91. The number of aromatic amines is 1. The van der Waals surface area contributed by atoms with Gasteiger partial charge in [0.05, 0.1) is 5.02 Å². The first-order valence-electron chi connectivity index (χ1n) is 6.34. The second-order valence-corrected chi connectivity index (χ2v) is 6.04. The predicted molar refractivity (Wildman–Crippen MR) is 74.3 cm³/mol. The molecule has 0 aliphatic heterocycles. The number of carbonyl (C=O) groups excluding carboxylic acids is 1. The van der Waals surface area contributed by atoms with E-state index in [0.717, 1.165) is 25.8 Å². The van der Waals surface area contributed by atoms with Gasteiger partial charge in [-0.2, -0.15) is 0 Å². The number of nitrogens with one attached hydrogen (secondary N) is 1. The van der Waals surface area contributed by atoms with Gasteiger partial charge < -0.3 is 9.88 Å². The van der Waals surface area contributed by atoms with Crippen molar-refractivity contribution >= 4 is 29.1 Å². The highest BCUT2D eigenvalue weighted by Gasteiger charge is 2.33. The number of carbonyl (C=O) groups is 1. The Morgan fingerprint density at radius 1 is 1.50 bits per heavy atom. The molecule has 1 aromatic rings. The van der Waals surface area contributed by atoms with Gasteiger partial charge in [0.15, 0.2) is 0 Å². The van der Waals surface area contributed by atoms with Crippen LogP contribution in [0, 0.1) is 5.92 Å². The van der Waals surface area contributed by atoms with Crippen LogP contribution < -0.4 is 0 Å². The van der Waals surface area contributed by atoms with Gasteiger partial charge in [-0.15, -0.1) is 0 Å². The molecule has 1 aromatic heterocycles. The van der Waals surface area contributed by atoms with Crippen LogP contribution in [0.2, 0.25) is 10.2 Å². The van der Waals surface area contributed by atoms with Gasteiger partial charge in [0.25, 0.3) is 5.91 Å². The van der Waals surface area contributed by atoms with Crippen molar-refractivity contribution in [3.63, 3.8) is 0 Å². The van der Waals surface area contributed by atoms with Crippen LogP contribution in [0.25, 0.3) is 0 Å². The van der Waals surface area contributed by atoms with E-state index in [2.05, 4.69) is 18.8 Å². The van der Waals surface area contributed by atoms with Crippen LogP contribution in [-0.2, 0) is 0 Å². The summed E-state index contributed by atoms with van der Waals surface area (Å²) >= 11 is 11.7. The zero-order valence-electron chi connectivity index (χ0n) is 10.7. The van der Waals surface area contributed by atoms with Crippen LogP contribution in [0.5, 0.6) is 0 Å². The van der Waals surface area contributed by atoms with Crippen LogP contribution in [0.1, 0.15) is 43.6 Å². The van der Waals surface area contributed by atoms with Gasteiger partial charge in [-0.05, 0) is 31.2 Å². The number of hydrogen-bond acceptors (Lipinski definition) is 1. The Morgan fingerprint density at radius 3 is 2.61 bits per heavy atom. The van der Waals surface area contributed by atoms with E-state index < -0.39 is 0 Å². The largest absolute Gasteiger partial charge is 0.340 e. The fraction of sp³-hybridized carbons (Fsp3) is 0.615. The van der Waals surface area contributed by atoms with Crippen LogP contribution >= 0.6 is 23.2 Å². The molecule has 5 heteroatoms. The molecule has 1 fully saturated rings. The molecule has 0 radical (unpaired) electrons. The highest BCUT2D eigenvalue weighted by atomic mass is 35.5. The quantitative estimate of drug-likeness (QED) is 0.874. The molecule has 0 spiro atoms. The molecule has 3 nitrogen and oxygen atoms in total. The van der Waals surface area contributed by atoms with Crippen LogP contribution in [0.4, 0.5) is 0 Å². The Labute approximate surface area is 117 Å². The molecule has 0 atom stereocenters. The molecule has 0 unspecified atom stereocenters. The van der Waals surface area contributed by atoms with Crippen LogP contribution in [0.15, 0.2) is 6.07 Å². The summed E-state index contributed by atoms with van der Waals surface area (Å²) in [6, 6.07) is 2.01. The molecule has 1 N–H and O–H groups in total. The van der Waals surface area contributed by atoms with Gasteiger partial charge >= 0.3 is 0 Å². The predicted octanol–water partition coefficient (Wildman–Crippen LogP) is 3.97. The lowest BCUT2D eigenvalue weighted by molar-refractivity contribution is 0.0730. The lowest BCUT2D eigenvalue weighted by Gasteiger charge is -2.22. The number of halogens is 2. The van der Waals surface area contributed by atoms with Crippen molar-refractivity contribution in [1.82, 2.24) is 9.88 Å². The van der Waals surface area contributed by atoms with E-state index in [1.165, 1.54) is 0 Å². The average molecular weight is 289 g/mol. The van der Waals surface area contributed by atoms with E-state index in [4.69, 9.17) is 23.2 Å². The maximum Gasteiger partial charge on any atom is 0.270 e. The van der Waals surface area contributed by atoms with Crippen molar-refractivity contribution in [1.29, 1.82) is 0 Å². The topological polar surface area (TPSA) is 36.1 Å². The number of amides is 1. The fourth-order valence-corrected chi connectivity index (χ4v) is 2.22. The summed E-state index contributed by atoms with van der Waals surface area (Å²) < 4.78 is 0. The van der Waals surface area contributed by atoms with E-state index in [1.807, 2.05) is 4.90 Å². The third-order valence-electron chi connectivity index (χ3n) is 3.15. The van der Waals surface area contributed by atoms with Gasteiger partial charge in [-0.3, -0.25) is 4.79 Å². The summed E-state index contributed by atoms with van der Waals surface area (Å²) in [6.07, 6.45) is 3.22. The van der Waals surface area contributed by atoms with E-state index in [1.54, 1.807) is 6.07 Å². The van der Waals surface area contributed by atoms with Crippen molar-refractivity contribution in [2.45, 2.75) is 39.2 Å². The number of H-pyrrole nitrogens is 1. The summed E-state index contributed by atoms with van der Waals surface area (Å²) in [5.41, 5.74) is 0.487. The van der Waals surface area contributed by atoms with Crippen molar-refractivity contribution in [3.05, 3.63) is 21.9 Å². The summed E-state index contributed by atoms with van der Waals surface area (Å²) in [5.74, 6) is 0.599.